The summed E-state index contributed by atoms with van der Waals surface area (Å²) in [4.78, 5) is 3.26. The molecule has 0 aromatic carbocycles. The van der Waals surface area contributed by atoms with Gasteiger partial charge in [-0.1, -0.05) is 0 Å². The molecule has 0 aliphatic carbocycles. The van der Waals surface area contributed by atoms with Crippen LogP contribution in [0, 0.1) is 6.92 Å². The van der Waals surface area contributed by atoms with E-state index in [-0.39, 0.29) is 0 Å². The Balaban J connectivity index is 3.46. The maximum Gasteiger partial charge on any atom is 0.573 e. The van der Waals surface area contributed by atoms with Crippen LogP contribution in [0.5, 0.6) is 11.6 Å². The summed E-state index contributed by atoms with van der Waals surface area (Å²) in [5.74, 6) is -2.34. The van der Waals surface area contributed by atoms with E-state index in [0.29, 0.717) is 0 Å². The average molecular weight is 275 g/mol. The highest BCUT2D eigenvalue weighted by molar-refractivity contribution is 5.47. The Morgan fingerprint density at radius 1 is 1.11 bits per heavy atom. The third-order valence-electron chi connectivity index (χ3n) is 1.87. The predicted molar refractivity (Wildman–Crippen MR) is 47.2 cm³/mol. The van der Waals surface area contributed by atoms with Crippen molar-refractivity contribution in [3.05, 3.63) is 17.3 Å². The second kappa shape index (κ2) is 4.54. The number of nitrogens with zero attached hydrogens (tertiary/aromatic N) is 1. The maximum atomic E-state index is 12.7. The first-order valence-electron chi connectivity index (χ1n) is 4.42. The first-order chi connectivity index (χ1) is 8.06. The quantitative estimate of drug-likeness (QED) is 0.776. The molecular formula is C9H7F6NO2. The molecule has 1 aromatic heterocycles. The molecule has 0 aliphatic rings. The van der Waals surface area contributed by atoms with E-state index in [1.54, 1.807) is 0 Å². The summed E-state index contributed by atoms with van der Waals surface area (Å²) < 4.78 is 82.0. The molecule has 102 valence electrons. The third kappa shape index (κ3) is 3.17. The van der Waals surface area contributed by atoms with E-state index in [1.165, 1.54) is 0 Å². The Hall–Kier alpha value is -1.67. The summed E-state index contributed by atoms with van der Waals surface area (Å²) >= 11 is 0. The van der Waals surface area contributed by atoms with Crippen LogP contribution in [-0.2, 0) is 6.18 Å². The van der Waals surface area contributed by atoms with Gasteiger partial charge in [-0.05, 0) is 6.92 Å². The molecule has 0 bridgehead atoms. The van der Waals surface area contributed by atoms with Gasteiger partial charge >= 0.3 is 12.5 Å². The van der Waals surface area contributed by atoms with E-state index in [2.05, 4.69) is 14.5 Å². The van der Waals surface area contributed by atoms with Gasteiger partial charge in [-0.3, -0.25) is 0 Å². The fourth-order valence-electron chi connectivity index (χ4n) is 1.22. The number of rotatable bonds is 2. The fourth-order valence-corrected chi connectivity index (χ4v) is 1.22. The molecule has 1 aromatic rings. The van der Waals surface area contributed by atoms with Crippen LogP contribution in [-0.4, -0.2) is 18.5 Å². The van der Waals surface area contributed by atoms with Gasteiger partial charge in [-0.2, -0.15) is 13.2 Å². The molecule has 0 atom stereocenters. The van der Waals surface area contributed by atoms with Gasteiger partial charge in [0, 0.05) is 11.8 Å². The summed E-state index contributed by atoms with van der Waals surface area (Å²) in [6.07, 6.45) is -9.52. The number of hydrogen-bond donors (Lipinski definition) is 0. The standard InChI is InChI=1S/C9H7F6NO2/c1-4-3-16-7(17-2)5(8(10,11)12)6(4)18-9(13,14)15/h3H,1-2H3. The molecule has 3 nitrogen and oxygen atoms in total. The number of aromatic nitrogens is 1. The first-order valence-corrected chi connectivity index (χ1v) is 4.42. The minimum absolute atomic E-state index is 0.402. The van der Waals surface area contributed by atoms with Crippen LogP contribution >= 0.6 is 0 Å². The Morgan fingerprint density at radius 3 is 2.06 bits per heavy atom. The zero-order valence-corrected chi connectivity index (χ0v) is 9.11. The molecule has 1 rings (SSSR count). The van der Waals surface area contributed by atoms with Gasteiger partial charge in [0.15, 0.2) is 11.3 Å². The van der Waals surface area contributed by atoms with Crippen LogP contribution in [0.15, 0.2) is 6.20 Å². The third-order valence-corrected chi connectivity index (χ3v) is 1.87. The van der Waals surface area contributed by atoms with E-state index < -0.39 is 35.3 Å². The normalized spacial score (nSPS) is 12.4. The molecule has 9 heteroatoms. The Kier molecular flexibility index (Phi) is 3.63. The van der Waals surface area contributed by atoms with Crippen LogP contribution in [0.25, 0.3) is 0 Å². The zero-order valence-electron chi connectivity index (χ0n) is 9.11. The highest BCUT2D eigenvalue weighted by Crippen LogP contribution is 2.44. The minimum Gasteiger partial charge on any atom is -0.480 e. The first kappa shape index (κ1) is 14.4. The summed E-state index contributed by atoms with van der Waals surface area (Å²) in [6.45, 7) is 1.02. The van der Waals surface area contributed by atoms with E-state index in [9.17, 15) is 26.3 Å². The van der Waals surface area contributed by atoms with E-state index in [4.69, 9.17) is 0 Å². The van der Waals surface area contributed by atoms with Crippen LogP contribution < -0.4 is 9.47 Å². The molecule has 0 unspecified atom stereocenters. The fraction of sp³-hybridized carbons (Fsp3) is 0.444. The number of ether oxygens (including phenoxy) is 2. The molecule has 0 amide bonds. The summed E-state index contributed by atoms with van der Waals surface area (Å²) in [6, 6.07) is 0. The smallest absolute Gasteiger partial charge is 0.480 e. The van der Waals surface area contributed by atoms with E-state index in [1.807, 2.05) is 0 Å². The highest BCUT2D eigenvalue weighted by Gasteiger charge is 2.43. The molecule has 0 radical (unpaired) electrons. The molecule has 1 heterocycles. The molecule has 0 saturated carbocycles. The maximum absolute atomic E-state index is 12.7. The summed E-state index contributed by atoms with van der Waals surface area (Å²) in [7, 11) is 0.865. The van der Waals surface area contributed by atoms with Crippen molar-refractivity contribution >= 4 is 0 Å². The van der Waals surface area contributed by atoms with Crippen molar-refractivity contribution in [3.8, 4) is 11.6 Å². The lowest BCUT2D eigenvalue weighted by Crippen LogP contribution is -2.21. The largest absolute Gasteiger partial charge is 0.573 e. The summed E-state index contributed by atoms with van der Waals surface area (Å²) in [5.41, 5.74) is -2.09. The van der Waals surface area contributed by atoms with Crippen LogP contribution in [0.4, 0.5) is 26.3 Å². The van der Waals surface area contributed by atoms with Crippen molar-refractivity contribution < 1.29 is 35.8 Å². The topological polar surface area (TPSA) is 31.4 Å². The van der Waals surface area contributed by atoms with Gasteiger partial charge in [-0.15, -0.1) is 13.2 Å². The van der Waals surface area contributed by atoms with Crippen LogP contribution in [0.3, 0.4) is 0 Å². The lowest BCUT2D eigenvalue weighted by molar-refractivity contribution is -0.276. The van der Waals surface area contributed by atoms with Crippen LogP contribution in [0.2, 0.25) is 0 Å². The lowest BCUT2D eigenvalue weighted by Gasteiger charge is -2.18. The van der Waals surface area contributed by atoms with E-state index in [0.717, 1.165) is 20.2 Å². The van der Waals surface area contributed by atoms with Gasteiger partial charge in [-0.25, -0.2) is 4.98 Å². The van der Waals surface area contributed by atoms with E-state index >= 15 is 0 Å². The molecule has 0 N–H and O–H groups in total. The van der Waals surface area contributed by atoms with Gasteiger partial charge in [0.2, 0.25) is 5.88 Å². The lowest BCUT2D eigenvalue weighted by atomic mass is 10.1. The van der Waals surface area contributed by atoms with Crippen molar-refractivity contribution in [2.24, 2.45) is 0 Å². The predicted octanol–water partition coefficient (Wildman–Crippen LogP) is 3.32. The number of aryl methyl sites for hydroxylation is 1. The van der Waals surface area contributed by atoms with Gasteiger partial charge in [0.1, 0.15) is 0 Å². The Bertz CT molecular complexity index is 440. The molecule has 0 aliphatic heterocycles. The molecule has 18 heavy (non-hydrogen) atoms. The van der Waals surface area contributed by atoms with Crippen LogP contribution in [0.1, 0.15) is 11.1 Å². The van der Waals surface area contributed by atoms with Crippen molar-refractivity contribution in [2.75, 3.05) is 7.11 Å². The van der Waals surface area contributed by atoms with Gasteiger partial charge in [0.05, 0.1) is 7.11 Å². The van der Waals surface area contributed by atoms with Gasteiger partial charge in [0.25, 0.3) is 0 Å². The molecule has 0 saturated heterocycles. The molecule has 0 fully saturated rings. The number of methoxy groups -OCH3 is 1. The number of halogens is 6. The second-order valence-electron chi connectivity index (χ2n) is 3.20. The SMILES string of the molecule is COc1ncc(C)c(OC(F)(F)F)c1C(F)(F)F. The molecular weight excluding hydrogens is 268 g/mol. The average Bonchev–Trinajstić information content (AvgIpc) is 2.17. The number of hydrogen-bond acceptors (Lipinski definition) is 3. The number of pyridine rings is 1. The van der Waals surface area contributed by atoms with Crippen molar-refractivity contribution in [1.82, 2.24) is 4.98 Å². The van der Waals surface area contributed by atoms with Crippen molar-refractivity contribution in [3.63, 3.8) is 0 Å². The Labute approximate surface area is 97.3 Å². The van der Waals surface area contributed by atoms with Crippen molar-refractivity contribution in [1.29, 1.82) is 0 Å². The Morgan fingerprint density at radius 2 is 1.67 bits per heavy atom. The molecule has 0 spiro atoms. The van der Waals surface area contributed by atoms with Gasteiger partial charge < -0.3 is 9.47 Å². The summed E-state index contributed by atoms with van der Waals surface area (Å²) in [5, 5.41) is 0. The second-order valence-corrected chi connectivity index (χ2v) is 3.20. The van der Waals surface area contributed by atoms with Crippen molar-refractivity contribution in [2.45, 2.75) is 19.5 Å². The number of alkyl halides is 6. The zero-order chi connectivity index (χ0) is 14.1. The highest BCUT2D eigenvalue weighted by atomic mass is 19.4. The minimum atomic E-state index is -5.24. The monoisotopic (exact) mass is 275 g/mol.